The maximum absolute atomic E-state index is 12.0. The van der Waals surface area contributed by atoms with E-state index in [1.165, 1.54) is 6.92 Å². The summed E-state index contributed by atoms with van der Waals surface area (Å²) in [6, 6.07) is 1.76. The zero-order valence-corrected chi connectivity index (χ0v) is 13.9. The molecular weight excluding hydrogens is 280 g/mol. The van der Waals surface area contributed by atoms with Gasteiger partial charge in [0.25, 0.3) is 0 Å². The molecule has 122 valence electrons. The summed E-state index contributed by atoms with van der Waals surface area (Å²) in [5.74, 6) is -1.51. The first kappa shape index (κ1) is 18.3. The fourth-order valence-electron chi connectivity index (χ4n) is 2.95. The third-order valence-electron chi connectivity index (χ3n) is 4.53. The van der Waals surface area contributed by atoms with Gasteiger partial charge in [0.15, 0.2) is 12.4 Å². The van der Waals surface area contributed by atoms with Gasteiger partial charge in [-0.1, -0.05) is 20.8 Å². The third-order valence-corrected chi connectivity index (χ3v) is 4.53. The molecule has 0 aromatic carbocycles. The van der Waals surface area contributed by atoms with Gasteiger partial charge < -0.3 is 10.1 Å². The maximum atomic E-state index is 12.0. The second kappa shape index (κ2) is 7.53. The lowest BCUT2D eigenvalue weighted by molar-refractivity contribution is -0.153. The van der Waals surface area contributed by atoms with Crippen molar-refractivity contribution >= 4 is 17.5 Å². The standard InChI is InChI=1S/C17H26N2O3/c1-11(19)14(9-18)15(20)10-22-16(21)12-5-7-13(8-6-12)17(2,3)4/h12-14,19H,5-8,10H2,1-4H3. The number of hydrogen-bond donors (Lipinski definition) is 1. The average Bonchev–Trinajstić information content (AvgIpc) is 2.44. The molecule has 1 N–H and O–H groups in total. The van der Waals surface area contributed by atoms with E-state index in [9.17, 15) is 9.59 Å². The van der Waals surface area contributed by atoms with Gasteiger partial charge in [0.2, 0.25) is 0 Å². The minimum Gasteiger partial charge on any atom is -0.457 e. The van der Waals surface area contributed by atoms with Crippen molar-refractivity contribution in [3.63, 3.8) is 0 Å². The van der Waals surface area contributed by atoms with E-state index in [2.05, 4.69) is 20.8 Å². The molecule has 0 bridgehead atoms. The van der Waals surface area contributed by atoms with Crippen molar-refractivity contribution in [3.8, 4) is 6.07 Å². The van der Waals surface area contributed by atoms with E-state index in [-0.39, 0.29) is 23.0 Å². The number of nitrogens with zero attached hydrogens (tertiary/aromatic N) is 1. The molecule has 1 aliphatic rings. The van der Waals surface area contributed by atoms with Gasteiger partial charge in [0.05, 0.1) is 12.0 Å². The topological polar surface area (TPSA) is 91.0 Å². The molecule has 0 aromatic heterocycles. The number of hydrogen-bond acceptors (Lipinski definition) is 5. The Morgan fingerprint density at radius 3 is 2.23 bits per heavy atom. The van der Waals surface area contributed by atoms with Crippen LogP contribution in [0.15, 0.2) is 0 Å². The molecule has 1 saturated carbocycles. The molecule has 1 aliphatic carbocycles. The van der Waals surface area contributed by atoms with Crippen LogP contribution in [0.4, 0.5) is 0 Å². The lowest BCUT2D eigenvalue weighted by Crippen LogP contribution is -2.31. The van der Waals surface area contributed by atoms with Crippen molar-refractivity contribution in [3.05, 3.63) is 0 Å². The van der Waals surface area contributed by atoms with E-state index >= 15 is 0 Å². The number of ether oxygens (including phenoxy) is 1. The Morgan fingerprint density at radius 2 is 1.82 bits per heavy atom. The number of ketones is 1. The highest BCUT2D eigenvalue weighted by Gasteiger charge is 2.33. The second-order valence-electron chi connectivity index (χ2n) is 7.23. The molecule has 1 atom stereocenters. The van der Waals surface area contributed by atoms with Crippen LogP contribution >= 0.6 is 0 Å². The van der Waals surface area contributed by atoms with Crippen LogP contribution < -0.4 is 0 Å². The molecular formula is C17H26N2O3. The van der Waals surface area contributed by atoms with Crippen molar-refractivity contribution < 1.29 is 14.3 Å². The molecule has 0 saturated heterocycles. The van der Waals surface area contributed by atoms with E-state index in [0.717, 1.165) is 25.7 Å². The summed E-state index contributed by atoms with van der Waals surface area (Å²) in [5, 5.41) is 16.2. The number of carbonyl (C=O) groups is 2. The normalized spacial score (nSPS) is 23.2. The van der Waals surface area contributed by atoms with E-state index in [1.54, 1.807) is 6.07 Å². The summed E-state index contributed by atoms with van der Waals surface area (Å²) in [5.41, 5.74) is 0.237. The number of carbonyl (C=O) groups excluding carboxylic acids is 2. The van der Waals surface area contributed by atoms with Crippen LogP contribution in [-0.2, 0) is 14.3 Å². The van der Waals surface area contributed by atoms with Gasteiger partial charge >= 0.3 is 5.97 Å². The quantitative estimate of drug-likeness (QED) is 0.624. The Kier molecular flexibility index (Phi) is 6.28. The highest BCUT2D eigenvalue weighted by molar-refractivity contribution is 6.06. The van der Waals surface area contributed by atoms with Crippen LogP contribution in [-0.4, -0.2) is 24.1 Å². The fourth-order valence-corrected chi connectivity index (χ4v) is 2.95. The van der Waals surface area contributed by atoms with Crippen molar-refractivity contribution in [1.29, 1.82) is 10.7 Å². The van der Waals surface area contributed by atoms with Gasteiger partial charge in [-0.05, 0) is 43.9 Å². The first-order valence-electron chi connectivity index (χ1n) is 7.80. The van der Waals surface area contributed by atoms with Crippen molar-refractivity contribution in [2.45, 2.75) is 53.4 Å². The van der Waals surface area contributed by atoms with Crippen LogP contribution in [0.2, 0.25) is 0 Å². The fraction of sp³-hybridized carbons (Fsp3) is 0.765. The molecule has 0 amide bonds. The Bertz CT molecular complexity index is 477. The molecule has 22 heavy (non-hydrogen) atoms. The molecule has 0 radical (unpaired) electrons. The van der Waals surface area contributed by atoms with Crippen LogP contribution in [0.3, 0.4) is 0 Å². The molecule has 0 spiro atoms. The minimum atomic E-state index is -1.11. The molecule has 0 heterocycles. The molecule has 0 aromatic rings. The largest absolute Gasteiger partial charge is 0.457 e. The highest BCUT2D eigenvalue weighted by atomic mass is 16.5. The van der Waals surface area contributed by atoms with E-state index in [4.69, 9.17) is 15.4 Å². The van der Waals surface area contributed by atoms with Crippen LogP contribution in [0.25, 0.3) is 0 Å². The molecule has 5 nitrogen and oxygen atoms in total. The first-order chi connectivity index (χ1) is 10.2. The third kappa shape index (κ3) is 4.94. The number of Topliss-reactive ketones (excluding diaryl/α,β-unsaturated/α-hetero) is 1. The van der Waals surface area contributed by atoms with Gasteiger partial charge in [-0.3, -0.25) is 9.59 Å². The molecule has 5 heteroatoms. The number of nitriles is 1. The second-order valence-corrected chi connectivity index (χ2v) is 7.23. The number of rotatable bonds is 5. The van der Waals surface area contributed by atoms with E-state index in [0.29, 0.717) is 5.92 Å². The Labute approximate surface area is 132 Å². The number of nitrogens with one attached hydrogen (secondary N) is 1. The summed E-state index contributed by atoms with van der Waals surface area (Å²) in [7, 11) is 0. The summed E-state index contributed by atoms with van der Waals surface area (Å²) >= 11 is 0. The van der Waals surface area contributed by atoms with Gasteiger partial charge in [0, 0.05) is 5.71 Å². The summed E-state index contributed by atoms with van der Waals surface area (Å²) in [6.45, 7) is 7.65. The number of esters is 1. The summed E-state index contributed by atoms with van der Waals surface area (Å²) < 4.78 is 5.06. The zero-order chi connectivity index (χ0) is 16.9. The van der Waals surface area contributed by atoms with Crippen LogP contribution in [0.1, 0.15) is 53.4 Å². The van der Waals surface area contributed by atoms with Crippen LogP contribution in [0.5, 0.6) is 0 Å². The van der Waals surface area contributed by atoms with E-state index < -0.39 is 18.3 Å². The molecule has 1 fully saturated rings. The Morgan fingerprint density at radius 1 is 1.27 bits per heavy atom. The van der Waals surface area contributed by atoms with Gasteiger partial charge in [-0.25, -0.2) is 0 Å². The smallest absolute Gasteiger partial charge is 0.309 e. The summed E-state index contributed by atoms with van der Waals surface area (Å²) in [4.78, 5) is 23.8. The Balaban J connectivity index is 2.43. The monoisotopic (exact) mass is 306 g/mol. The SMILES string of the molecule is CC(=N)C(C#N)C(=O)COC(=O)C1CCC(C(C)(C)C)CC1. The summed E-state index contributed by atoms with van der Waals surface area (Å²) in [6.07, 6.45) is 3.58. The lowest BCUT2D eigenvalue weighted by Gasteiger charge is -2.36. The van der Waals surface area contributed by atoms with E-state index in [1.807, 2.05) is 0 Å². The van der Waals surface area contributed by atoms with Gasteiger partial charge in [0.1, 0.15) is 5.92 Å². The lowest BCUT2D eigenvalue weighted by atomic mass is 9.70. The molecule has 1 rings (SSSR count). The van der Waals surface area contributed by atoms with Gasteiger partial charge in [-0.2, -0.15) is 5.26 Å². The van der Waals surface area contributed by atoms with Crippen molar-refractivity contribution in [2.24, 2.45) is 23.2 Å². The van der Waals surface area contributed by atoms with Crippen molar-refractivity contribution in [2.75, 3.05) is 6.61 Å². The van der Waals surface area contributed by atoms with Gasteiger partial charge in [-0.15, -0.1) is 0 Å². The Hall–Kier alpha value is -1.70. The molecule has 0 aliphatic heterocycles. The van der Waals surface area contributed by atoms with Crippen molar-refractivity contribution in [1.82, 2.24) is 0 Å². The highest BCUT2D eigenvalue weighted by Crippen LogP contribution is 2.40. The predicted octanol–water partition coefficient (Wildman–Crippen LogP) is 3.13. The average molecular weight is 306 g/mol. The van der Waals surface area contributed by atoms with Crippen LogP contribution in [0, 0.1) is 39.9 Å². The minimum absolute atomic E-state index is 0.0192. The molecule has 1 unspecified atom stereocenters. The predicted molar refractivity (Wildman–Crippen MR) is 83.4 cm³/mol. The maximum Gasteiger partial charge on any atom is 0.309 e. The zero-order valence-electron chi connectivity index (χ0n) is 13.9. The first-order valence-corrected chi connectivity index (χ1v) is 7.80.